The summed E-state index contributed by atoms with van der Waals surface area (Å²) in [7, 11) is 0. The van der Waals surface area contributed by atoms with E-state index in [1.54, 1.807) is 0 Å². The molecule has 5 rings (SSSR count). The summed E-state index contributed by atoms with van der Waals surface area (Å²) in [5.41, 5.74) is 1.35. The highest BCUT2D eigenvalue weighted by Crippen LogP contribution is 2.52. The largest absolute Gasteiger partial charge is 0.357 e. The van der Waals surface area contributed by atoms with Crippen molar-refractivity contribution in [3.8, 4) is 0 Å². The first-order valence-corrected chi connectivity index (χ1v) is 10.8. The number of hydrogen-bond donors (Lipinski definition) is 2. The molecule has 2 amide bonds. The van der Waals surface area contributed by atoms with Crippen LogP contribution in [0, 0.1) is 23.7 Å². The second kappa shape index (κ2) is 8.69. The molecule has 6 unspecified atom stereocenters. The predicted molar refractivity (Wildman–Crippen MR) is 127 cm³/mol. The summed E-state index contributed by atoms with van der Waals surface area (Å²) in [5, 5.41) is 6.77. The van der Waals surface area contributed by atoms with E-state index in [0.717, 1.165) is 25.3 Å². The second-order valence-electron chi connectivity index (χ2n) is 8.59. The molecule has 4 aliphatic rings. The van der Waals surface area contributed by atoms with Crippen LogP contribution in [0.3, 0.4) is 0 Å². The van der Waals surface area contributed by atoms with Crippen LogP contribution in [-0.4, -0.2) is 48.3 Å². The normalized spacial score (nSPS) is 33.5. The monoisotopic (exact) mass is 520 g/mol. The van der Waals surface area contributed by atoms with Crippen molar-refractivity contribution in [3.05, 3.63) is 48.0 Å². The summed E-state index contributed by atoms with van der Waals surface area (Å²) >= 11 is 0. The molecule has 2 saturated carbocycles. The number of hydrogen-bond acceptors (Lipinski definition) is 3. The lowest BCUT2D eigenvalue weighted by molar-refractivity contribution is -0.140. The summed E-state index contributed by atoms with van der Waals surface area (Å²) < 4.78 is 0. The number of likely N-dealkylation sites (tertiary alicyclic amines) is 1. The van der Waals surface area contributed by atoms with Gasteiger partial charge in [-0.15, -0.1) is 24.0 Å². The number of rotatable bonds is 6. The maximum Gasteiger partial charge on any atom is 0.233 e. The van der Waals surface area contributed by atoms with Crippen LogP contribution in [0.5, 0.6) is 0 Å². The predicted octanol–water partition coefficient (Wildman–Crippen LogP) is 2.52. The van der Waals surface area contributed by atoms with Gasteiger partial charge in [0.1, 0.15) is 0 Å². The van der Waals surface area contributed by atoms with E-state index < -0.39 is 0 Å². The number of benzene rings is 1. The summed E-state index contributed by atoms with van der Waals surface area (Å²) in [5.74, 6) is 1.59. The number of guanidine groups is 1. The van der Waals surface area contributed by atoms with Crippen molar-refractivity contribution in [1.82, 2.24) is 15.5 Å². The van der Waals surface area contributed by atoms with Gasteiger partial charge in [0, 0.05) is 25.0 Å². The molecule has 1 saturated heterocycles. The Labute approximate surface area is 194 Å². The molecule has 1 aliphatic heterocycles. The lowest BCUT2D eigenvalue weighted by atomic mass is 9.85. The van der Waals surface area contributed by atoms with Gasteiger partial charge in [-0.05, 0) is 37.2 Å². The molecular weight excluding hydrogens is 491 g/mol. The maximum absolute atomic E-state index is 12.8. The van der Waals surface area contributed by atoms with Crippen LogP contribution in [0.15, 0.2) is 47.5 Å². The summed E-state index contributed by atoms with van der Waals surface area (Å²) in [6, 6.07) is 10.9. The Morgan fingerprint density at radius 3 is 2.37 bits per heavy atom. The van der Waals surface area contributed by atoms with Crippen molar-refractivity contribution in [2.45, 2.75) is 31.7 Å². The average Bonchev–Trinajstić information content (AvgIpc) is 3.06. The van der Waals surface area contributed by atoms with Crippen LogP contribution in [0.4, 0.5) is 0 Å². The molecule has 160 valence electrons. The highest BCUT2D eigenvalue weighted by Gasteiger charge is 2.58. The zero-order valence-corrected chi connectivity index (χ0v) is 19.5. The SMILES string of the molecule is CCNC(=NCCN1C(=O)C2C3C=CC(C3)C2C1=O)NC1CC1c1ccccc1.I. The van der Waals surface area contributed by atoms with Gasteiger partial charge in [-0.3, -0.25) is 19.5 Å². The molecule has 1 aromatic carbocycles. The molecule has 2 bridgehead atoms. The minimum absolute atomic E-state index is 0. The molecule has 2 N–H and O–H groups in total. The van der Waals surface area contributed by atoms with Gasteiger partial charge in [-0.1, -0.05) is 42.5 Å². The number of halogens is 1. The van der Waals surface area contributed by atoms with Gasteiger partial charge < -0.3 is 10.6 Å². The third kappa shape index (κ3) is 3.76. The van der Waals surface area contributed by atoms with Gasteiger partial charge in [0.05, 0.1) is 18.4 Å². The topological polar surface area (TPSA) is 73.8 Å². The molecule has 3 aliphatic carbocycles. The fourth-order valence-corrected chi connectivity index (χ4v) is 5.37. The average molecular weight is 520 g/mol. The van der Waals surface area contributed by atoms with E-state index in [2.05, 4.69) is 52.0 Å². The van der Waals surface area contributed by atoms with Crippen molar-refractivity contribution in [2.24, 2.45) is 28.7 Å². The fourth-order valence-electron chi connectivity index (χ4n) is 5.37. The van der Waals surface area contributed by atoms with Crippen LogP contribution < -0.4 is 10.6 Å². The van der Waals surface area contributed by atoms with Crippen LogP contribution in [0.2, 0.25) is 0 Å². The van der Waals surface area contributed by atoms with Gasteiger partial charge >= 0.3 is 0 Å². The second-order valence-corrected chi connectivity index (χ2v) is 8.59. The van der Waals surface area contributed by atoms with Crippen molar-refractivity contribution in [2.75, 3.05) is 19.6 Å². The number of allylic oxidation sites excluding steroid dienone is 2. The number of nitrogens with zero attached hydrogens (tertiary/aromatic N) is 2. The van der Waals surface area contributed by atoms with E-state index >= 15 is 0 Å². The van der Waals surface area contributed by atoms with E-state index in [1.165, 1.54) is 10.5 Å². The minimum atomic E-state index is -0.120. The first kappa shape index (κ1) is 21.3. The van der Waals surface area contributed by atoms with Crippen LogP contribution >= 0.6 is 24.0 Å². The standard InChI is InChI=1S/C23H28N4O2.HI/c1-2-24-23(26-18-13-17(18)14-6-4-3-5-7-14)25-10-11-27-21(28)19-15-8-9-16(12-15)20(19)22(27)29;/h3-9,15-20H,2,10-13H2,1H3,(H2,24,25,26);1H. The van der Waals surface area contributed by atoms with E-state index in [1.807, 2.05) is 13.0 Å². The van der Waals surface area contributed by atoms with Crippen LogP contribution in [0.1, 0.15) is 31.2 Å². The molecule has 3 fully saturated rings. The molecule has 6 atom stereocenters. The lowest BCUT2D eigenvalue weighted by Gasteiger charge is -2.17. The molecule has 6 nitrogen and oxygen atoms in total. The quantitative estimate of drug-likeness (QED) is 0.199. The maximum atomic E-state index is 12.8. The third-order valence-electron chi connectivity index (χ3n) is 6.84. The highest BCUT2D eigenvalue weighted by molar-refractivity contribution is 14.0. The zero-order valence-electron chi connectivity index (χ0n) is 17.2. The minimum Gasteiger partial charge on any atom is -0.357 e. The van der Waals surface area contributed by atoms with Gasteiger partial charge in [0.15, 0.2) is 5.96 Å². The molecule has 1 heterocycles. The number of fused-ring (bicyclic) bond motifs is 5. The number of carbonyl (C=O) groups is 2. The fraction of sp³-hybridized carbons (Fsp3) is 0.522. The first-order valence-electron chi connectivity index (χ1n) is 10.8. The number of imide groups is 1. The molecule has 0 aromatic heterocycles. The number of aliphatic imine (C=N–C) groups is 1. The van der Waals surface area contributed by atoms with Crippen LogP contribution in [0.25, 0.3) is 0 Å². The van der Waals surface area contributed by atoms with Crippen molar-refractivity contribution in [1.29, 1.82) is 0 Å². The Hall–Kier alpha value is -1.90. The van der Waals surface area contributed by atoms with E-state index in [-0.39, 0.29) is 59.5 Å². The Bertz CT molecular complexity index is 841. The molecule has 30 heavy (non-hydrogen) atoms. The number of carbonyl (C=O) groups excluding carboxylic acids is 2. The summed E-state index contributed by atoms with van der Waals surface area (Å²) in [6.45, 7) is 3.61. The number of amides is 2. The third-order valence-corrected chi connectivity index (χ3v) is 6.84. The van der Waals surface area contributed by atoms with Gasteiger partial charge in [0.25, 0.3) is 0 Å². The van der Waals surface area contributed by atoms with E-state index in [9.17, 15) is 9.59 Å². The van der Waals surface area contributed by atoms with Crippen molar-refractivity contribution >= 4 is 41.8 Å². The van der Waals surface area contributed by atoms with Gasteiger partial charge in [0.2, 0.25) is 11.8 Å². The first-order chi connectivity index (χ1) is 14.2. The lowest BCUT2D eigenvalue weighted by Crippen LogP contribution is -2.40. The number of nitrogens with one attached hydrogen (secondary N) is 2. The van der Waals surface area contributed by atoms with Gasteiger partial charge in [-0.25, -0.2) is 0 Å². The molecule has 0 radical (unpaired) electrons. The smallest absolute Gasteiger partial charge is 0.233 e. The van der Waals surface area contributed by atoms with Gasteiger partial charge in [-0.2, -0.15) is 0 Å². The Morgan fingerprint density at radius 2 is 1.73 bits per heavy atom. The van der Waals surface area contributed by atoms with E-state index in [0.29, 0.717) is 25.0 Å². The molecule has 0 spiro atoms. The zero-order chi connectivity index (χ0) is 20.0. The Balaban J connectivity index is 0.00000218. The molecular formula is C23H29IN4O2. The molecule has 7 heteroatoms. The van der Waals surface area contributed by atoms with Crippen molar-refractivity contribution in [3.63, 3.8) is 0 Å². The molecule has 1 aromatic rings. The summed E-state index contributed by atoms with van der Waals surface area (Å²) in [6.07, 6.45) is 6.32. The summed E-state index contributed by atoms with van der Waals surface area (Å²) in [4.78, 5) is 31.6. The Kier molecular flexibility index (Phi) is 6.18. The van der Waals surface area contributed by atoms with Crippen LogP contribution in [-0.2, 0) is 9.59 Å². The highest BCUT2D eigenvalue weighted by atomic mass is 127. The van der Waals surface area contributed by atoms with E-state index in [4.69, 9.17) is 0 Å². The Morgan fingerprint density at radius 1 is 1.07 bits per heavy atom. The van der Waals surface area contributed by atoms with Crippen molar-refractivity contribution < 1.29 is 9.59 Å².